The van der Waals surface area contributed by atoms with Crippen LogP contribution in [0.15, 0.2) is 18.2 Å². The molecule has 0 amide bonds. The Kier molecular flexibility index (Phi) is 3.87. The molecule has 2 rings (SSSR count). The van der Waals surface area contributed by atoms with E-state index in [0.29, 0.717) is 5.56 Å². The molecule has 0 bridgehead atoms. The predicted molar refractivity (Wildman–Crippen MR) is 75.7 cm³/mol. The summed E-state index contributed by atoms with van der Waals surface area (Å²) in [4.78, 5) is 1.66. The number of aryl methyl sites for hydroxylation is 3. The summed E-state index contributed by atoms with van der Waals surface area (Å²) in [6, 6.07) is 4.80. The summed E-state index contributed by atoms with van der Waals surface area (Å²) in [6.45, 7) is 5.59. The van der Waals surface area contributed by atoms with Crippen molar-refractivity contribution in [3.8, 4) is 0 Å². The van der Waals surface area contributed by atoms with Gasteiger partial charge in [0.1, 0.15) is 11.6 Å². The number of benzene rings is 1. The summed E-state index contributed by atoms with van der Waals surface area (Å²) in [5.41, 5.74) is 1.61. The van der Waals surface area contributed by atoms with E-state index in [0.717, 1.165) is 15.3 Å². The monoisotopic (exact) mass is 330 g/mol. The summed E-state index contributed by atoms with van der Waals surface area (Å²) >= 11 is 4.98. The molecular formula is C14H13BrF2S. The Labute approximate surface area is 118 Å². The van der Waals surface area contributed by atoms with Crippen LogP contribution in [-0.4, -0.2) is 0 Å². The molecule has 0 N–H and O–H groups in total. The molecule has 1 unspecified atom stereocenters. The highest BCUT2D eigenvalue weighted by Crippen LogP contribution is 2.40. The van der Waals surface area contributed by atoms with Gasteiger partial charge in [-0.1, -0.05) is 22.0 Å². The average Bonchev–Trinajstić information content (AvgIpc) is 2.63. The van der Waals surface area contributed by atoms with Crippen molar-refractivity contribution in [2.75, 3.05) is 0 Å². The van der Waals surface area contributed by atoms with E-state index in [9.17, 15) is 8.78 Å². The molecule has 0 spiro atoms. The number of thiophene rings is 1. The highest BCUT2D eigenvalue weighted by Gasteiger charge is 2.23. The molecule has 1 heterocycles. The van der Waals surface area contributed by atoms with Gasteiger partial charge in [0.15, 0.2) is 0 Å². The summed E-state index contributed by atoms with van der Waals surface area (Å²) in [6.07, 6.45) is 0. The Hall–Kier alpha value is -0.740. The van der Waals surface area contributed by atoms with Gasteiger partial charge in [0, 0.05) is 15.3 Å². The molecule has 4 heteroatoms. The zero-order valence-electron chi connectivity index (χ0n) is 10.4. The van der Waals surface area contributed by atoms with Crippen molar-refractivity contribution in [1.29, 1.82) is 0 Å². The van der Waals surface area contributed by atoms with Gasteiger partial charge in [0.05, 0.1) is 4.83 Å². The van der Waals surface area contributed by atoms with E-state index in [1.165, 1.54) is 12.1 Å². The Morgan fingerprint density at radius 3 is 2.33 bits per heavy atom. The third-order valence-electron chi connectivity index (χ3n) is 2.88. The highest BCUT2D eigenvalue weighted by molar-refractivity contribution is 9.09. The van der Waals surface area contributed by atoms with Crippen LogP contribution in [-0.2, 0) is 0 Å². The first-order valence-electron chi connectivity index (χ1n) is 5.57. The zero-order chi connectivity index (χ0) is 13.4. The van der Waals surface area contributed by atoms with Crippen LogP contribution in [0.3, 0.4) is 0 Å². The molecule has 96 valence electrons. The molecule has 0 radical (unpaired) electrons. The van der Waals surface area contributed by atoms with E-state index in [4.69, 9.17) is 0 Å². The van der Waals surface area contributed by atoms with Gasteiger partial charge in [0.2, 0.25) is 0 Å². The van der Waals surface area contributed by atoms with Gasteiger partial charge in [-0.05, 0) is 44.0 Å². The lowest BCUT2D eigenvalue weighted by molar-refractivity contribution is 0.555. The topological polar surface area (TPSA) is 0 Å². The molecular weight excluding hydrogens is 318 g/mol. The van der Waals surface area contributed by atoms with E-state index >= 15 is 0 Å². The molecule has 18 heavy (non-hydrogen) atoms. The average molecular weight is 331 g/mol. The molecule has 0 aliphatic carbocycles. The second-order valence-corrected chi connectivity index (χ2v) is 6.56. The number of rotatable bonds is 2. The lowest BCUT2D eigenvalue weighted by Gasteiger charge is -2.13. The van der Waals surface area contributed by atoms with Crippen molar-refractivity contribution in [2.45, 2.75) is 25.6 Å². The standard InChI is InChI=1S/C14H13BrF2S/c1-7-4-5-10(16)11(13(7)17)12(15)14-8(2)6-9(3)18-14/h4-6,12H,1-3H3. The summed E-state index contributed by atoms with van der Waals surface area (Å²) in [5.74, 6) is -0.979. The fourth-order valence-electron chi connectivity index (χ4n) is 1.95. The molecule has 2 aromatic rings. The minimum atomic E-state index is -0.509. The maximum atomic E-state index is 14.1. The minimum Gasteiger partial charge on any atom is -0.207 e. The van der Waals surface area contributed by atoms with Gasteiger partial charge in [-0.25, -0.2) is 8.78 Å². The van der Waals surface area contributed by atoms with Gasteiger partial charge in [-0.2, -0.15) is 0 Å². The molecule has 1 aromatic heterocycles. The van der Waals surface area contributed by atoms with Crippen molar-refractivity contribution in [3.05, 3.63) is 56.3 Å². The van der Waals surface area contributed by atoms with E-state index in [1.54, 1.807) is 18.3 Å². The predicted octanol–water partition coefficient (Wildman–Crippen LogP) is 5.44. The number of hydrogen-bond acceptors (Lipinski definition) is 1. The van der Waals surface area contributed by atoms with E-state index in [2.05, 4.69) is 15.9 Å². The second-order valence-electron chi connectivity index (χ2n) is 4.36. The normalized spacial score (nSPS) is 12.8. The Balaban J connectivity index is 2.56. The third-order valence-corrected chi connectivity index (χ3v) is 5.32. The van der Waals surface area contributed by atoms with E-state index in [-0.39, 0.29) is 5.56 Å². The summed E-state index contributed by atoms with van der Waals surface area (Å²) < 4.78 is 27.9. The van der Waals surface area contributed by atoms with Crippen LogP contribution in [0.25, 0.3) is 0 Å². The van der Waals surface area contributed by atoms with Crippen LogP contribution in [0.5, 0.6) is 0 Å². The summed E-state index contributed by atoms with van der Waals surface area (Å²) in [5, 5.41) is 0. The first kappa shape index (κ1) is 13.7. The molecule has 1 atom stereocenters. The zero-order valence-corrected chi connectivity index (χ0v) is 12.8. The van der Waals surface area contributed by atoms with E-state index < -0.39 is 16.5 Å². The first-order valence-corrected chi connectivity index (χ1v) is 7.30. The maximum Gasteiger partial charge on any atom is 0.133 e. The van der Waals surface area contributed by atoms with Crippen molar-refractivity contribution in [1.82, 2.24) is 0 Å². The van der Waals surface area contributed by atoms with Crippen molar-refractivity contribution in [2.24, 2.45) is 0 Å². The van der Waals surface area contributed by atoms with Gasteiger partial charge < -0.3 is 0 Å². The van der Waals surface area contributed by atoms with Gasteiger partial charge in [-0.3, -0.25) is 0 Å². The van der Waals surface area contributed by atoms with Crippen LogP contribution in [0, 0.1) is 32.4 Å². The van der Waals surface area contributed by atoms with Gasteiger partial charge in [-0.15, -0.1) is 11.3 Å². The largest absolute Gasteiger partial charge is 0.207 e. The Morgan fingerprint density at radius 2 is 1.78 bits per heavy atom. The maximum absolute atomic E-state index is 14.1. The second kappa shape index (κ2) is 5.10. The molecule has 0 aliphatic heterocycles. The van der Waals surface area contributed by atoms with E-state index in [1.807, 2.05) is 19.9 Å². The molecule has 0 fully saturated rings. The smallest absolute Gasteiger partial charge is 0.133 e. The first-order chi connectivity index (χ1) is 8.41. The minimum absolute atomic E-state index is 0.0972. The molecule has 0 nitrogen and oxygen atoms in total. The summed E-state index contributed by atoms with van der Waals surface area (Å²) in [7, 11) is 0. The number of hydrogen-bond donors (Lipinski definition) is 0. The lowest BCUT2D eigenvalue weighted by atomic mass is 10.0. The fourth-order valence-corrected chi connectivity index (χ4v) is 4.04. The van der Waals surface area contributed by atoms with Crippen LogP contribution in [0.4, 0.5) is 8.78 Å². The van der Waals surface area contributed by atoms with Crippen LogP contribution < -0.4 is 0 Å². The van der Waals surface area contributed by atoms with Crippen LogP contribution in [0.1, 0.15) is 31.3 Å². The molecule has 1 aromatic carbocycles. The van der Waals surface area contributed by atoms with Crippen LogP contribution >= 0.6 is 27.3 Å². The van der Waals surface area contributed by atoms with Gasteiger partial charge in [0.25, 0.3) is 0 Å². The lowest BCUT2D eigenvalue weighted by Crippen LogP contribution is -2.02. The highest BCUT2D eigenvalue weighted by atomic mass is 79.9. The SMILES string of the molecule is Cc1cc(C)c(C(Br)c2c(F)ccc(C)c2F)s1. The quantitative estimate of drug-likeness (QED) is 0.643. The van der Waals surface area contributed by atoms with Gasteiger partial charge >= 0.3 is 0 Å². The molecule has 0 aliphatic rings. The Morgan fingerprint density at radius 1 is 1.11 bits per heavy atom. The number of halogens is 3. The molecule has 0 saturated carbocycles. The third kappa shape index (κ3) is 2.36. The Bertz CT molecular complexity index is 590. The molecule has 0 saturated heterocycles. The van der Waals surface area contributed by atoms with Crippen molar-refractivity contribution in [3.63, 3.8) is 0 Å². The van der Waals surface area contributed by atoms with Crippen LogP contribution in [0.2, 0.25) is 0 Å². The number of alkyl halides is 1. The van der Waals surface area contributed by atoms with Crippen molar-refractivity contribution < 1.29 is 8.78 Å². The van der Waals surface area contributed by atoms with Crippen molar-refractivity contribution >= 4 is 27.3 Å². The fraction of sp³-hybridized carbons (Fsp3) is 0.286.